The molecule has 1 amide bonds. The molecule has 2 N–H and O–H groups in total. The number of hydrogen-bond acceptors (Lipinski definition) is 7. The molecule has 4 rings (SSSR count). The number of carbonyl (C=O) groups is 2. The van der Waals surface area contributed by atoms with E-state index in [4.69, 9.17) is 4.74 Å². The van der Waals surface area contributed by atoms with E-state index in [2.05, 4.69) is 4.98 Å². The van der Waals surface area contributed by atoms with Crippen LogP contribution in [0.5, 0.6) is 5.75 Å². The molecule has 2 unspecified atom stereocenters. The van der Waals surface area contributed by atoms with Gasteiger partial charge in [-0.25, -0.2) is 4.98 Å². The summed E-state index contributed by atoms with van der Waals surface area (Å²) >= 11 is 1.24. The Balaban J connectivity index is 1.79. The van der Waals surface area contributed by atoms with Gasteiger partial charge in [0, 0.05) is 13.2 Å². The monoisotopic (exact) mass is 414 g/mol. The molecule has 2 aromatic rings. The van der Waals surface area contributed by atoms with Gasteiger partial charge < -0.3 is 19.8 Å². The molecule has 0 saturated carbocycles. The fraction of sp³-hybridized carbons (Fsp3) is 0.381. The number of aryl methyl sites for hydroxylation is 2. The van der Waals surface area contributed by atoms with E-state index in [1.54, 1.807) is 26.0 Å². The number of aliphatic hydroxyl groups is 1. The molecule has 2 aliphatic rings. The van der Waals surface area contributed by atoms with Gasteiger partial charge in [-0.05, 0) is 44.4 Å². The first-order valence-corrected chi connectivity index (χ1v) is 10.3. The highest BCUT2D eigenvalue weighted by Gasteiger charge is 2.45. The normalized spacial score (nSPS) is 22.0. The summed E-state index contributed by atoms with van der Waals surface area (Å²) in [6.45, 7) is 4.44. The third-order valence-corrected chi connectivity index (χ3v) is 6.34. The van der Waals surface area contributed by atoms with Crippen LogP contribution in [0, 0.1) is 13.8 Å². The Morgan fingerprint density at radius 3 is 2.76 bits per heavy atom. The second kappa shape index (κ2) is 7.61. The van der Waals surface area contributed by atoms with Gasteiger partial charge >= 0.3 is 0 Å². The maximum Gasteiger partial charge on any atom is 0.290 e. The molecule has 3 heterocycles. The fourth-order valence-corrected chi connectivity index (χ4v) is 4.86. The van der Waals surface area contributed by atoms with Crippen molar-refractivity contribution in [2.45, 2.75) is 38.8 Å². The summed E-state index contributed by atoms with van der Waals surface area (Å²) in [4.78, 5) is 32.5. The van der Waals surface area contributed by atoms with Gasteiger partial charge in [-0.2, -0.15) is 0 Å². The zero-order chi connectivity index (χ0) is 20.7. The van der Waals surface area contributed by atoms with Crippen molar-refractivity contribution >= 4 is 23.0 Å². The van der Waals surface area contributed by atoms with Crippen LogP contribution in [0.25, 0.3) is 0 Å². The standard InChI is InChI=1S/C21H22N2O5S/c1-11-20(29-12(2)22-11)18(25)16-17(13-5-3-6-14(24)9-13)23(21(27)19(16)26)10-15-7-4-8-28-15/h3,5-6,9,15,17,24,26H,4,7-8,10H2,1-2H3. The predicted molar refractivity (Wildman–Crippen MR) is 107 cm³/mol. The lowest BCUT2D eigenvalue weighted by Crippen LogP contribution is -2.37. The van der Waals surface area contributed by atoms with E-state index in [1.165, 1.54) is 28.4 Å². The second-order valence-electron chi connectivity index (χ2n) is 7.33. The molecule has 0 aliphatic carbocycles. The lowest BCUT2D eigenvalue weighted by Gasteiger charge is -2.29. The van der Waals surface area contributed by atoms with E-state index < -0.39 is 23.5 Å². The van der Waals surface area contributed by atoms with E-state index in [1.807, 2.05) is 0 Å². The van der Waals surface area contributed by atoms with Gasteiger partial charge in [0.15, 0.2) is 5.76 Å². The van der Waals surface area contributed by atoms with E-state index >= 15 is 0 Å². The van der Waals surface area contributed by atoms with Crippen molar-refractivity contribution in [2.75, 3.05) is 13.2 Å². The van der Waals surface area contributed by atoms with Crippen LogP contribution in [-0.4, -0.2) is 51.0 Å². The molecule has 8 heteroatoms. The number of aromatic nitrogens is 1. The Labute approximate surface area is 172 Å². The van der Waals surface area contributed by atoms with Crippen molar-refractivity contribution in [2.24, 2.45) is 0 Å². The third-order valence-electron chi connectivity index (χ3n) is 5.27. The zero-order valence-electron chi connectivity index (χ0n) is 16.2. The first-order valence-electron chi connectivity index (χ1n) is 9.50. The Bertz CT molecular complexity index is 1010. The number of ketones is 1. The van der Waals surface area contributed by atoms with Crippen LogP contribution in [0.3, 0.4) is 0 Å². The lowest BCUT2D eigenvalue weighted by molar-refractivity contribution is -0.131. The minimum atomic E-state index is -0.798. The molecular weight excluding hydrogens is 392 g/mol. The molecular formula is C21H22N2O5S. The van der Waals surface area contributed by atoms with Gasteiger partial charge in [0.1, 0.15) is 5.75 Å². The summed E-state index contributed by atoms with van der Waals surface area (Å²) < 4.78 is 5.67. The van der Waals surface area contributed by atoms with Gasteiger partial charge in [0.25, 0.3) is 5.91 Å². The average molecular weight is 414 g/mol. The molecule has 2 aliphatic heterocycles. The van der Waals surface area contributed by atoms with Crippen LogP contribution in [0.15, 0.2) is 35.6 Å². The first-order chi connectivity index (χ1) is 13.9. The minimum absolute atomic E-state index is 0.0188. The van der Waals surface area contributed by atoms with Gasteiger partial charge in [0.2, 0.25) is 5.78 Å². The highest BCUT2D eigenvalue weighted by atomic mass is 32.1. The number of phenolic OH excluding ortho intramolecular Hbond substituents is 1. The molecule has 1 aromatic heterocycles. The van der Waals surface area contributed by atoms with Crippen molar-refractivity contribution in [1.82, 2.24) is 9.88 Å². The van der Waals surface area contributed by atoms with Crippen molar-refractivity contribution in [1.29, 1.82) is 0 Å². The molecule has 152 valence electrons. The summed E-state index contributed by atoms with van der Waals surface area (Å²) in [6.07, 6.45) is 1.58. The summed E-state index contributed by atoms with van der Waals surface area (Å²) in [6, 6.07) is 5.62. The fourth-order valence-electron chi connectivity index (χ4n) is 3.99. The number of benzene rings is 1. The van der Waals surface area contributed by atoms with Crippen molar-refractivity contribution in [3.8, 4) is 5.75 Å². The lowest BCUT2D eigenvalue weighted by atomic mass is 9.94. The Hall–Kier alpha value is -2.71. The smallest absolute Gasteiger partial charge is 0.290 e. The molecule has 29 heavy (non-hydrogen) atoms. The van der Waals surface area contributed by atoms with Gasteiger partial charge in [0.05, 0.1) is 33.3 Å². The average Bonchev–Trinajstić information content (AvgIpc) is 3.37. The van der Waals surface area contributed by atoms with E-state index in [9.17, 15) is 19.8 Å². The van der Waals surface area contributed by atoms with Crippen LogP contribution in [0.4, 0.5) is 0 Å². The third kappa shape index (κ3) is 3.54. The number of ether oxygens (including phenoxy) is 1. The van der Waals surface area contributed by atoms with Crippen LogP contribution in [-0.2, 0) is 9.53 Å². The van der Waals surface area contributed by atoms with E-state index in [0.717, 1.165) is 17.8 Å². The molecule has 0 bridgehead atoms. The summed E-state index contributed by atoms with van der Waals surface area (Å²) in [5.74, 6) is -1.54. The number of Topliss-reactive ketones (excluding diaryl/α,β-unsaturated/α-hetero) is 1. The number of aromatic hydroxyl groups is 1. The van der Waals surface area contributed by atoms with Crippen molar-refractivity contribution in [3.63, 3.8) is 0 Å². The maximum atomic E-state index is 13.4. The Morgan fingerprint density at radius 2 is 2.14 bits per heavy atom. The Morgan fingerprint density at radius 1 is 1.34 bits per heavy atom. The minimum Gasteiger partial charge on any atom is -0.508 e. The zero-order valence-corrected chi connectivity index (χ0v) is 17.0. The number of hydrogen-bond donors (Lipinski definition) is 2. The quantitative estimate of drug-likeness (QED) is 0.729. The highest BCUT2D eigenvalue weighted by molar-refractivity contribution is 7.14. The molecule has 1 saturated heterocycles. The van der Waals surface area contributed by atoms with Crippen LogP contribution in [0.2, 0.25) is 0 Å². The molecule has 1 aromatic carbocycles. The summed E-state index contributed by atoms with van der Waals surface area (Å²) in [5.41, 5.74) is 1.14. The molecule has 0 spiro atoms. The maximum absolute atomic E-state index is 13.4. The second-order valence-corrected chi connectivity index (χ2v) is 8.53. The highest BCUT2D eigenvalue weighted by Crippen LogP contribution is 2.41. The first kappa shape index (κ1) is 19.6. The molecule has 2 atom stereocenters. The van der Waals surface area contributed by atoms with Gasteiger partial charge in [-0.1, -0.05) is 12.1 Å². The number of carbonyl (C=O) groups excluding carboxylic acids is 2. The Kier molecular flexibility index (Phi) is 5.14. The number of amides is 1. The SMILES string of the molecule is Cc1nc(C)c(C(=O)C2=C(O)C(=O)N(CC3CCCO3)C2c2cccc(O)c2)s1. The van der Waals surface area contributed by atoms with E-state index in [0.29, 0.717) is 22.7 Å². The van der Waals surface area contributed by atoms with Crippen LogP contribution >= 0.6 is 11.3 Å². The number of aliphatic hydroxyl groups excluding tert-OH is 1. The largest absolute Gasteiger partial charge is 0.508 e. The molecule has 0 radical (unpaired) electrons. The number of phenols is 1. The van der Waals surface area contributed by atoms with Crippen molar-refractivity contribution < 1.29 is 24.5 Å². The van der Waals surface area contributed by atoms with Crippen LogP contribution in [0.1, 0.15) is 44.8 Å². The topological polar surface area (TPSA) is 100.0 Å². The van der Waals surface area contributed by atoms with Crippen LogP contribution < -0.4 is 0 Å². The summed E-state index contributed by atoms with van der Waals surface area (Å²) in [7, 11) is 0. The van der Waals surface area contributed by atoms with E-state index in [-0.39, 0.29) is 24.0 Å². The number of thiazole rings is 1. The number of nitrogens with zero attached hydrogens (tertiary/aromatic N) is 2. The molecule has 1 fully saturated rings. The number of rotatable bonds is 5. The van der Waals surface area contributed by atoms with Gasteiger partial charge in [-0.15, -0.1) is 11.3 Å². The summed E-state index contributed by atoms with van der Waals surface area (Å²) in [5, 5.41) is 21.4. The van der Waals surface area contributed by atoms with Crippen molar-refractivity contribution in [3.05, 3.63) is 56.7 Å². The molecule has 7 nitrogen and oxygen atoms in total. The van der Waals surface area contributed by atoms with Gasteiger partial charge in [-0.3, -0.25) is 9.59 Å². The predicted octanol–water partition coefficient (Wildman–Crippen LogP) is 3.22.